The average molecular weight is 347 g/mol. The number of hydrogen-bond acceptors (Lipinski definition) is 2. The highest BCUT2D eigenvalue weighted by atomic mass is 32.1. The highest BCUT2D eigenvalue weighted by Crippen LogP contribution is 2.13. The molecule has 0 saturated carbocycles. The Hall–Kier alpha value is 0.200. The van der Waals surface area contributed by atoms with Gasteiger partial charge < -0.3 is 11.1 Å². The minimum absolute atomic E-state index is 0.621. The van der Waals surface area contributed by atoms with E-state index in [9.17, 15) is 0 Å². The molecule has 0 aliphatic carbocycles. The number of rotatable bonds is 17. The zero-order valence-corrected chi connectivity index (χ0v) is 16.2. The van der Waals surface area contributed by atoms with Crippen LogP contribution in [0.3, 0.4) is 0 Å². The minimum atomic E-state index is 0.621. The molecule has 0 spiro atoms. The number of hydrogen-bond donors (Lipinski definition) is 3. The molecular formula is C18H38N2S2. The third-order valence-corrected chi connectivity index (χ3v) is 4.46. The molecule has 0 aromatic rings. The first-order valence-corrected chi connectivity index (χ1v) is 10.3. The van der Waals surface area contributed by atoms with Crippen molar-refractivity contribution in [3.63, 3.8) is 0 Å². The van der Waals surface area contributed by atoms with Gasteiger partial charge in [-0.1, -0.05) is 95.7 Å². The summed E-state index contributed by atoms with van der Waals surface area (Å²) < 4.78 is 0.621. The van der Waals surface area contributed by atoms with Gasteiger partial charge in [0.2, 0.25) is 0 Å². The summed E-state index contributed by atoms with van der Waals surface area (Å²) in [7, 11) is 0. The largest absolute Gasteiger partial charge is 0.371 e. The van der Waals surface area contributed by atoms with E-state index < -0.39 is 0 Å². The lowest BCUT2D eigenvalue weighted by Crippen LogP contribution is -2.17. The van der Waals surface area contributed by atoms with Crippen LogP contribution in [0.4, 0.5) is 0 Å². The predicted molar refractivity (Wildman–Crippen MR) is 108 cm³/mol. The Kier molecular flexibility index (Phi) is 19.4. The van der Waals surface area contributed by atoms with Crippen LogP contribution in [0.5, 0.6) is 0 Å². The van der Waals surface area contributed by atoms with Gasteiger partial charge in [0, 0.05) is 6.54 Å². The first kappa shape index (κ1) is 22.2. The Bertz CT molecular complexity index is 235. The zero-order valence-electron chi connectivity index (χ0n) is 14.5. The lowest BCUT2D eigenvalue weighted by molar-refractivity contribution is 0.530. The first-order valence-electron chi connectivity index (χ1n) is 9.44. The second kappa shape index (κ2) is 19.2. The first-order chi connectivity index (χ1) is 10.8. The molecular weight excluding hydrogens is 308 g/mol. The fraction of sp³-hybridized carbons (Fsp3) is 0.944. The van der Waals surface area contributed by atoms with Crippen LogP contribution in [0.1, 0.15) is 96.3 Å². The molecule has 0 atom stereocenters. The molecule has 132 valence electrons. The Morgan fingerprint density at radius 2 is 0.955 bits per heavy atom. The second-order valence-electron chi connectivity index (χ2n) is 6.32. The van der Waals surface area contributed by atoms with Gasteiger partial charge in [-0.05, 0) is 19.4 Å². The van der Waals surface area contributed by atoms with E-state index in [0.717, 1.165) is 13.1 Å². The van der Waals surface area contributed by atoms with Crippen molar-refractivity contribution in [1.29, 1.82) is 0 Å². The highest BCUT2D eigenvalue weighted by molar-refractivity contribution is 8.11. The fourth-order valence-electron chi connectivity index (χ4n) is 2.76. The lowest BCUT2D eigenvalue weighted by Gasteiger charge is -2.04. The number of thiol groups is 1. The average Bonchev–Trinajstić information content (AvgIpc) is 2.50. The maximum atomic E-state index is 5.49. The SMILES string of the molecule is NCCCCCCCCCCCCCCCCCNC(=S)S. The summed E-state index contributed by atoms with van der Waals surface area (Å²) in [6.45, 7) is 1.84. The van der Waals surface area contributed by atoms with Crippen molar-refractivity contribution in [3.8, 4) is 0 Å². The normalized spacial score (nSPS) is 10.8. The quantitative estimate of drug-likeness (QED) is 0.182. The molecule has 0 rings (SSSR count). The van der Waals surface area contributed by atoms with Crippen LogP contribution in [-0.2, 0) is 0 Å². The molecule has 0 unspecified atom stereocenters. The monoisotopic (exact) mass is 346 g/mol. The van der Waals surface area contributed by atoms with Crippen molar-refractivity contribution in [1.82, 2.24) is 5.32 Å². The maximum Gasteiger partial charge on any atom is 0.130 e. The Morgan fingerprint density at radius 1 is 0.636 bits per heavy atom. The van der Waals surface area contributed by atoms with Gasteiger partial charge in [-0.25, -0.2) is 0 Å². The smallest absolute Gasteiger partial charge is 0.130 e. The second-order valence-corrected chi connectivity index (χ2v) is 7.48. The Labute approximate surface area is 149 Å². The van der Waals surface area contributed by atoms with Crippen molar-refractivity contribution in [3.05, 3.63) is 0 Å². The molecule has 0 amide bonds. The Morgan fingerprint density at radius 3 is 1.27 bits per heavy atom. The summed E-state index contributed by atoms with van der Waals surface area (Å²) in [5, 5.41) is 3.09. The molecule has 2 nitrogen and oxygen atoms in total. The summed E-state index contributed by atoms with van der Waals surface area (Å²) >= 11 is 8.90. The van der Waals surface area contributed by atoms with Crippen LogP contribution in [-0.4, -0.2) is 17.4 Å². The van der Waals surface area contributed by atoms with E-state index in [1.807, 2.05) is 0 Å². The van der Waals surface area contributed by atoms with Crippen LogP contribution >= 0.6 is 24.8 Å². The topological polar surface area (TPSA) is 38.0 Å². The minimum Gasteiger partial charge on any atom is -0.371 e. The van der Waals surface area contributed by atoms with E-state index in [1.165, 1.54) is 96.3 Å². The zero-order chi connectivity index (χ0) is 16.3. The van der Waals surface area contributed by atoms with Gasteiger partial charge in [-0.3, -0.25) is 0 Å². The van der Waals surface area contributed by atoms with Crippen molar-refractivity contribution in [2.45, 2.75) is 96.3 Å². The van der Waals surface area contributed by atoms with Crippen molar-refractivity contribution >= 4 is 29.2 Å². The summed E-state index contributed by atoms with van der Waals surface area (Å²) in [6.07, 6.45) is 20.6. The van der Waals surface area contributed by atoms with Crippen molar-refractivity contribution in [2.24, 2.45) is 5.73 Å². The van der Waals surface area contributed by atoms with Gasteiger partial charge >= 0.3 is 0 Å². The molecule has 0 heterocycles. The number of nitrogens with one attached hydrogen (secondary N) is 1. The van der Waals surface area contributed by atoms with Crippen LogP contribution in [0.15, 0.2) is 0 Å². The van der Waals surface area contributed by atoms with Crippen LogP contribution in [0, 0.1) is 0 Å². The standard InChI is InChI=1S/C18H38N2S2/c19-16-14-12-10-8-6-4-2-1-3-5-7-9-11-13-15-17-20-18(21)22/h1-17,19H2,(H2,20,21,22). The van der Waals surface area contributed by atoms with E-state index >= 15 is 0 Å². The molecule has 0 aromatic carbocycles. The van der Waals surface area contributed by atoms with Crippen LogP contribution in [0.2, 0.25) is 0 Å². The van der Waals surface area contributed by atoms with Crippen molar-refractivity contribution < 1.29 is 0 Å². The van der Waals surface area contributed by atoms with Gasteiger partial charge in [-0.15, -0.1) is 12.6 Å². The molecule has 0 radical (unpaired) electrons. The number of unbranched alkanes of at least 4 members (excludes halogenated alkanes) is 14. The third kappa shape index (κ3) is 20.2. The Balaban J connectivity index is 2.95. The van der Waals surface area contributed by atoms with Crippen LogP contribution in [0.25, 0.3) is 0 Å². The third-order valence-electron chi connectivity index (χ3n) is 4.16. The molecule has 0 aliphatic rings. The van der Waals surface area contributed by atoms with Crippen molar-refractivity contribution in [2.75, 3.05) is 13.1 Å². The molecule has 0 bridgehead atoms. The van der Waals surface area contributed by atoms with E-state index in [-0.39, 0.29) is 0 Å². The fourth-order valence-corrected chi connectivity index (χ4v) is 2.98. The molecule has 0 aliphatic heterocycles. The molecule has 0 saturated heterocycles. The molecule has 3 N–H and O–H groups in total. The summed E-state index contributed by atoms with van der Waals surface area (Å²) in [4.78, 5) is 0. The van der Waals surface area contributed by atoms with Gasteiger partial charge in [-0.2, -0.15) is 0 Å². The maximum absolute atomic E-state index is 5.49. The van der Waals surface area contributed by atoms with Gasteiger partial charge in [0.05, 0.1) is 0 Å². The molecule has 0 aromatic heterocycles. The number of thiocarbonyl (C=S) groups is 1. The molecule has 4 heteroatoms. The van der Waals surface area contributed by atoms with E-state index in [4.69, 9.17) is 18.0 Å². The van der Waals surface area contributed by atoms with Gasteiger partial charge in [0.25, 0.3) is 0 Å². The summed E-state index contributed by atoms with van der Waals surface area (Å²) in [5.74, 6) is 0. The number of nitrogens with two attached hydrogens (primary N) is 1. The predicted octanol–water partition coefficient (Wildman–Crippen LogP) is 5.60. The van der Waals surface area contributed by atoms with Crippen LogP contribution < -0.4 is 11.1 Å². The van der Waals surface area contributed by atoms with E-state index in [0.29, 0.717) is 4.32 Å². The summed E-state index contributed by atoms with van der Waals surface area (Å²) in [6, 6.07) is 0. The highest BCUT2D eigenvalue weighted by Gasteiger charge is 1.94. The molecule has 0 fully saturated rings. The molecule has 22 heavy (non-hydrogen) atoms. The van der Waals surface area contributed by atoms with E-state index in [1.54, 1.807) is 0 Å². The summed E-state index contributed by atoms with van der Waals surface area (Å²) in [5.41, 5.74) is 5.49. The van der Waals surface area contributed by atoms with E-state index in [2.05, 4.69) is 17.9 Å². The van der Waals surface area contributed by atoms with Gasteiger partial charge in [0.1, 0.15) is 4.32 Å². The lowest BCUT2D eigenvalue weighted by atomic mass is 10.0. The van der Waals surface area contributed by atoms with Gasteiger partial charge in [0.15, 0.2) is 0 Å².